The van der Waals surface area contributed by atoms with Crippen LogP contribution in [0.2, 0.25) is 4.34 Å². The van der Waals surface area contributed by atoms with E-state index in [-0.39, 0.29) is 29.1 Å². The van der Waals surface area contributed by atoms with Crippen molar-refractivity contribution in [1.29, 1.82) is 0 Å². The number of anilines is 1. The molecule has 0 radical (unpaired) electrons. The van der Waals surface area contributed by atoms with E-state index in [0.717, 1.165) is 21.4 Å². The number of nitrogens with one attached hydrogen (secondary N) is 1. The summed E-state index contributed by atoms with van der Waals surface area (Å²) in [5, 5.41) is 4.04. The van der Waals surface area contributed by atoms with Gasteiger partial charge in [-0.3, -0.25) is 4.79 Å². The molecule has 31 heavy (non-hydrogen) atoms. The Kier molecular flexibility index (Phi) is 6.36. The topological polar surface area (TPSA) is 92.8 Å². The van der Waals surface area contributed by atoms with Crippen LogP contribution >= 0.6 is 34.3 Å². The zero-order valence-corrected chi connectivity index (χ0v) is 19.7. The maximum absolute atomic E-state index is 12.9. The molecule has 3 aromatic rings. The number of methoxy groups -OCH3 is 1. The first-order valence-corrected chi connectivity index (χ1v) is 12.9. The molecule has 1 fully saturated rings. The molecule has 0 atom stereocenters. The predicted molar refractivity (Wildman–Crippen MR) is 123 cm³/mol. The monoisotopic (exact) mass is 498 g/mol. The number of halogens is 1. The summed E-state index contributed by atoms with van der Waals surface area (Å²) in [6.45, 7) is 0.485. The number of piperidine rings is 1. The van der Waals surface area contributed by atoms with Gasteiger partial charge in [-0.05, 0) is 31.0 Å². The van der Waals surface area contributed by atoms with Crippen molar-refractivity contribution in [2.24, 2.45) is 5.92 Å². The molecule has 164 valence electrons. The third-order valence-electron chi connectivity index (χ3n) is 5.19. The van der Waals surface area contributed by atoms with Gasteiger partial charge in [-0.1, -0.05) is 29.8 Å². The number of fused-ring (bicyclic) bond motifs is 1. The molecule has 0 spiro atoms. The van der Waals surface area contributed by atoms with Gasteiger partial charge in [0.1, 0.15) is 14.8 Å². The van der Waals surface area contributed by atoms with Crippen LogP contribution < -0.4 is 5.32 Å². The zero-order chi connectivity index (χ0) is 22.2. The van der Waals surface area contributed by atoms with Crippen LogP contribution in [0.3, 0.4) is 0 Å². The second-order valence-corrected chi connectivity index (χ2v) is 12.0. The number of ether oxygens (including phenoxy) is 1. The third kappa shape index (κ3) is 4.35. The van der Waals surface area contributed by atoms with Gasteiger partial charge in [0, 0.05) is 29.1 Å². The molecule has 1 saturated heterocycles. The molecule has 11 heteroatoms. The van der Waals surface area contributed by atoms with Gasteiger partial charge in [0.2, 0.25) is 5.91 Å². The minimum absolute atomic E-state index is 0.202. The van der Waals surface area contributed by atoms with Crippen LogP contribution in [0.5, 0.6) is 0 Å². The number of rotatable bonds is 5. The van der Waals surface area contributed by atoms with Gasteiger partial charge < -0.3 is 10.1 Å². The van der Waals surface area contributed by atoms with Gasteiger partial charge in [-0.2, -0.15) is 4.31 Å². The van der Waals surface area contributed by atoms with Gasteiger partial charge in [-0.25, -0.2) is 13.2 Å². The first-order valence-electron chi connectivity index (χ1n) is 9.47. The Balaban J connectivity index is 1.47. The molecule has 1 aromatic carbocycles. The molecule has 0 bridgehead atoms. The number of hydrogen-bond acceptors (Lipinski definition) is 7. The summed E-state index contributed by atoms with van der Waals surface area (Å²) in [4.78, 5) is 25.2. The van der Waals surface area contributed by atoms with Crippen molar-refractivity contribution >= 4 is 71.3 Å². The fourth-order valence-corrected chi connectivity index (χ4v) is 7.77. The highest BCUT2D eigenvalue weighted by molar-refractivity contribution is 7.91. The number of amides is 1. The summed E-state index contributed by atoms with van der Waals surface area (Å²) in [6.07, 6.45) is 0.783. The van der Waals surface area contributed by atoms with Crippen molar-refractivity contribution in [3.05, 3.63) is 46.3 Å². The average Bonchev–Trinajstić information content (AvgIpc) is 3.37. The fraction of sp³-hybridized carbons (Fsp3) is 0.300. The van der Waals surface area contributed by atoms with Crippen LogP contribution in [0.25, 0.3) is 10.1 Å². The van der Waals surface area contributed by atoms with E-state index in [4.69, 9.17) is 16.3 Å². The Morgan fingerprint density at radius 1 is 1.13 bits per heavy atom. The highest BCUT2D eigenvalue weighted by Gasteiger charge is 2.33. The van der Waals surface area contributed by atoms with Crippen molar-refractivity contribution in [2.45, 2.75) is 17.1 Å². The Morgan fingerprint density at radius 3 is 2.48 bits per heavy atom. The van der Waals surface area contributed by atoms with E-state index >= 15 is 0 Å². The SMILES string of the molecule is COC(=O)c1c(NC(=O)C2CCN(S(=O)(=O)c3ccc(Cl)s3)CC2)sc2ccccc12. The van der Waals surface area contributed by atoms with E-state index in [1.54, 1.807) is 6.07 Å². The fourth-order valence-electron chi connectivity index (χ4n) is 3.57. The molecule has 1 amide bonds. The first-order chi connectivity index (χ1) is 14.8. The number of nitrogens with zero attached hydrogens (tertiary/aromatic N) is 1. The van der Waals surface area contributed by atoms with Crippen molar-refractivity contribution in [3.8, 4) is 0 Å². The Labute approximate surface area is 192 Å². The molecular weight excluding hydrogens is 480 g/mol. The van der Waals surface area contributed by atoms with Crippen molar-refractivity contribution in [1.82, 2.24) is 4.31 Å². The molecule has 4 rings (SSSR count). The second-order valence-electron chi connectivity index (χ2n) is 7.02. The van der Waals surface area contributed by atoms with Crippen LogP contribution in [0.4, 0.5) is 5.00 Å². The van der Waals surface area contributed by atoms with Crippen molar-refractivity contribution < 1.29 is 22.7 Å². The molecule has 1 aliphatic rings. The smallest absolute Gasteiger partial charge is 0.341 e. The summed E-state index contributed by atoms with van der Waals surface area (Å²) < 4.78 is 33.3. The number of hydrogen-bond donors (Lipinski definition) is 1. The molecule has 3 heterocycles. The molecule has 0 aliphatic carbocycles. The van der Waals surface area contributed by atoms with E-state index < -0.39 is 16.0 Å². The largest absolute Gasteiger partial charge is 0.465 e. The average molecular weight is 499 g/mol. The van der Waals surface area contributed by atoms with Gasteiger partial charge in [-0.15, -0.1) is 22.7 Å². The van der Waals surface area contributed by atoms with Gasteiger partial charge in [0.15, 0.2) is 0 Å². The van der Waals surface area contributed by atoms with Gasteiger partial charge in [0.05, 0.1) is 11.4 Å². The molecule has 0 unspecified atom stereocenters. The van der Waals surface area contributed by atoms with E-state index in [0.29, 0.717) is 27.7 Å². The van der Waals surface area contributed by atoms with Crippen molar-refractivity contribution in [2.75, 3.05) is 25.5 Å². The Bertz CT molecular complexity index is 1240. The normalized spacial score (nSPS) is 15.8. The summed E-state index contributed by atoms with van der Waals surface area (Å²) >= 11 is 8.21. The molecule has 1 N–H and O–H groups in total. The summed E-state index contributed by atoms with van der Waals surface area (Å²) in [7, 11) is -2.31. The highest BCUT2D eigenvalue weighted by Crippen LogP contribution is 2.37. The first kappa shape index (κ1) is 22.2. The number of carbonyl (C=O) groups excluding carboxylic acids is 2. The van der Waals surface area contributed by atoms with Crippen LogP contribution in [0.1, 0.15) is 23.2 Å². The quantitative estimate of drug-likeness (QED) is 0.525. The highest BCUT2D eigenvalue weighted by atomic mass is 35.5. The number of carbonyl (C=O) groups is 2. The molecule has 1 aliphatic heterocycles. The molecule has 0 saturated carbocycles. The second kappa shape index (κ2) is 8.87. The standard InChI is InChI=1S/C20H19ClN2O5S3/c1-28-20(25)17-13-4-2-3-5-14(13)29-19(17)22-18(24)12-8-10-23(11-9-12)31(26,27)16-7-6-15(21)30-16/h2-7,12H,8-11H2,1H3,(H,22,24). The number of esters is 1. The number of benzene rings is 1. The lowest BCUT2D eigenvalue weighted by Crippen LogP contribution is -2.41. The van der Waals surface area contributed by atoms with Crippen LogP contribution in [-0.4, -0.2) is 44.8 Å². The summed E-state index contributed by atoms with van der Waals surface area (Å²) in [5.74, 6) is -1.09. The summed E-state index contributed by atoms with van der Waals surface area (Å²) in [6, 6.07) is 10.4. The van der Waals surface area contributed by atoms with Crippen LogP contribution in [0.15, 0.2) is 40.6 Å². The predicted octanol–water partition coefficient (Wildman–Crippen LogP) is 4.44. The van der Waals surface area contributed by atoms with Crippen LogP contribution in [-0.2, 0) is 19.6 Å². The number of thiophene rings is 2. The Morgan fingerprint density at radius 2 is 1.84 bits per heavy atom. The van der Waals surface area contributed by atoms with Gasteiger partial charge in [0.25, 0.3) is 10.0 Å². The third-order valence-corrected chi connectivity index (χ3v) is 9.87. The van der Waals surface area contributed by atoms with Crippen molar-refractivity contribution in [3.63, 3.8) is 0 Å². The molecule has 2 aromatic heterocycles. The van der Waals surface area contributed by atoms with E-state index in [9.17, 15) is 18.0 Å². The molecular formula is C20H19ClN2O5S3. The lowest BCUT2D eigenvalue weighted by molar-refractivity contribution is -0.120. The van der Waals surface area contributed by atoms with Crippen LogP contribution in [0, 0.1) is 5.92 Å². The Hall–Kier alpha value is -1.98. The van der Waals surface area contributed by atoms with Gasteiger partial charge >= 0.3 is 5.97 Å². The molecule has 7 nitrogen and oxygen atoms in total. The summed E-state index contributed by atoms with van der Waals surface area (Å²) in [5.41, 5.74) is 0.339. The maximum atomic E-state index is 12.9. The lowest BCUT2D eigenvalue weighted by Gasteiger charge is -2.30. The number of sulfonamides is 1. The maximum Gasteiger partial charge on any atom is 0.341 e. The zero-order valence-electron chi connectivity index (χ0n) is 16.5. The lowest BCUT2D eigenvalue weighted by atomic mass is 9.97. The minimum Gasteiger partial charge on any atom is -0.465 e. The van der Waals surface area contributed by atoms with E-state index in [1.165, 1.54) is 28.8 Å². The minimum atomic E-state index is -3.61. The van der Waals surface area contributed by atoms with E-state index in [1.807, 2.05) is 24.3 Å². The van der Waals surface area contributed by atoms with E-state index in [2.05, 4.69) is 5.32 Å².